The van der Waals surface area contributed by atoms with Crippen molar-refractivity contribution in [2.24, 2.45) is 0 Å². The van der Waals surface area contributed by atoms with Crippen LogP contribution in [0.2, 0.25) is 0 Å². The van der Waals surface area contributed by atoms with Gasteiger partial charge in [0.05, 0.1) is 12.2 Å². The summed E-state index contributed by atoms with van der Waals surface area (Å²) in [6.07, 6.45) is 0.326. The fourth-order valence-corrected chi connectivity index (χ4v) is 2.65. The molecule has 0 aliphatic carbocycles. The average Bonchev–Trinajstić information content (AvgIpc) is 2.92. The SMILES string of the molecule is CNCc1ccc(OCCN2CC(OC)C(OC)C2)cc1. The highest BCUT2D eigenvalue weighted by atomic mass is 16.5. The van der Waals surface area contributed by atoms with E-state index >= 15 is 0 Å². The van der Waals surface area contributed by atoms with Gasteiger partial charge < -0.3 is 19.5 Å². The molecule has 0 aromatic heterocycles. The molecule has 2 atom stereocenters. The number of benzene rings is 1. The zero-order valence-electron chi connectivity index (χ0n) is 13.2. The smallest absolute Gasteiger partial charge is 0.119 e. The summed E-state index contributed by atoms with van der Waals surface area (Å²) in [5.74, 6) is 0.917. The van der Waals surface area contributed by atoms with Crippen LogP contribution in [-0.4, -0.2) is 64.6 Å². The molecule has 1 aromatic rings. The molecule has 1 aliphatic heterocycles. The molecular formula is C16H26N2O3. The van der Waals surface area contributed by atoms with Gasteiger partial charge in [-0.3, -0.25) is 4.90 Å². The molecule has 21 heavy (non-hydrogen) atoms. The normalized spacial score (nSPS) is 22.6. The Bertz CT molecular complexity index is 398. The minimum atomic E-state index is 0.163. The van der Waals surface area contributed by atoms with E-state index in [2.05, 4.69) is 22.3 Å². The van der Waals surface area contributed by atoms with Crippen molar-refractivity contribution in [3.8, 4) is 5.75 Å². The first-order valence-corrected chi connectivity index (χ1v) is 7.41. The van der Waals surface area contributed by atoms with Crippen molar-refractivity contribution in [2.75, 3.05) is 47.5 Å². The summed E-state index contributed by atoms with van der Waals surface area (Å²) < 4.78 is 16.7. The van der Waals surface area contributed by atoms with Crippen LogP contribution < -0.4 is 10.1 Å². The van der Waals surface area contributed by atoms with E-state index in [0.29, 0.717) is 6.61 Å². The van der Waals surface area contributed by atoms with Gasteiger partial charge in [-0.15, -0.1) is 0 Å². The maximum Gasteiger partial charge on any atom is 0.119 e. The van der Waals surface area contributed by atoms with Crippen LogP contribution in [0.3, 0.4) is 0 Å². The van der Waals surface area contributed by atoms with E-state index in [9.17, 15) is 0 Å². The molecule has 1 aliphatic rings. The predicted octanol–water partition coefficient (Wildman–Crippen LogP) is 1.13. The number of hydrogen-bond acceptors (Lipinski definition) is 5. The molecule has 0 spiro atoms. The number of nitrogens with zero attached hydrogens (tertiary/aromatic N) is 1. The van der Waals surface area contributed by atoms with Crippen molar-refractivity contribution in [3.63, 3.8) is 0 Å². The quantitative estimate of drug-likeness (QED) is 0.778. The van der Waals surface area contributed by atoms with Crippen LogP contribution in [0.5, 0.6) is 5.75 Å². The van der Waals surface area contributed by atoms with Gasteiger partial charge in [-0.25, -0.2) is 0 Å². The van der Waals surface area contributed by atoms with Crippen molar-refractivity contribution in [2.45, 2.75) is 18.8 Å². The third kappa shape index (κ3) is 4.68. The Labute approximate surface area is 127 Å². The second kappa shape index (κ2) is 8.34. The molecule has 0 amide bonds. The van der Waals surface area contributed by atoms with Gasteiger partial charge in [-0.2, -0.15) is 0 Å². The van der Waals surface area contributed by atoms with Crippen molar-refractivity contribution >= 4 is 0 Å². The number of methoxy groups -OCH3 is 2. The van der Waals surface area contributed by atoms with Gasteiger partial charge in [0.2, 0.25) is 0 Å². The van der Waals surface area contributed by atoms with E-state index < -0.39 is 0 Å². The lowest BCUT2D eigenvalue weighted by atomic mass is 10.2. The van der Waals surface area contributed by atoms with Gasteiger partial charge in [0.25, 0.3) is 0 Å². The van der Waals surface area contributed by atoms with Gasteiger partial charge in [-0.1, -0.05) is 12.1 Å². The van der Waals surface area contributed by atoms with Crippen LogP contribution in [0.1, 0.15) is 5.56 Å². The van der Waals surface area contributed by atoms with Crippen LogP contribution in [-0.2, 0) is 16.0 Å². The Morgan fingerprint density at radius 2 is 1.71 bits per heavy atom. The highest BCUT2D eigenvalue weighted by Crippen LogP contribution is 2.16. The third-order valence-corrected chi connectivity index (χ3v) is 3.88. The molecule has 0 saturated carbocycles. The fourth-order valence-electron chi connectivity index (χ4n) is 2.65. The molecule has 5 nitrogen and oxygen atoms in total. The van der Waals surface area contributed by atoms with E-state index in [4.69, 9.17) is 14.2 Å². The molecular weight excluding hydrogens is 268 g/mol. The second-order valence-corrected chi connectivity index (χ2v) is 5.33. The third-order valence-electron chi connectivity index (χ3n) is 3.88. The summed E-state index contributed by atoms with van der Waals surface area (Å²) in [5, 5.41) is 3.13. The van der Waals surface area contributed by atoms with Crippen LogP contribution >= 0.6 is 0 Å². The molecule has 0 radical (unpaired) electrons. The maximum atomic E-state index is 5.80. The lowest BCUT2D eigenvalue weighted by Crippen LogP contribution is -2.27. The maximum absolute atomic E-state index is 5.80. The summed E-state index contributed by atoms with van der Waals surface area (Å²) in [6, 6.07) is 8.21. The van der Waals surface area contributed by atoms with Crippen LogP contribution in [0.4, 0.5) is 0 Å². The Balaban J connectivity index is 1.72. The predicted molar refractivity (Wildman–Crippen MR) is 82.7 cm³/mol. The number of nitrogens with one attached hydrogen (secondary N) is 1. The molecule has 1 aromatic carbocycles. The van der Waals surface area contributed by atoms with Crippen molar-refractivity contribution in [1.29, 1.82) is 0 Å². The van der Waals surface area contributed by atoms with Gasteiger partial charge in [-0.05, 0) is 24.7 Å². The van der Waals surface area contributed by atoms with Crippen LogP contribution in [0.25, 0.3) is 0 Å². The second-order valence-electron chi connectivity index (χ2n) is 5.33. The Hall–Kier alpha value is -1.14. The number of likely N-dealkylation sites (tertiary alicyclic amines) is 1. The summed E-state index contributed by atoms with van der Waals surface area (Å²) >= 11 is 0. The standard InChI is InChI=1S/C16H26N2O3/c1-17-10-13-4-6-14(7-5-13)21-9-8-18-11-15(19-2)16(12-18)20-3/h4-7,15-17H,8-12H2,1-3H3. The summed E-state index contributed by atoms with van der Waals surface area (Å²) in [5.41, 5.74) is 1.26. The Kier molecular flexibility index (Phi) is 6.45. The minimum Gasteiger partial charge on any atom is -0.492 e. The highest BCUT2D eigenvalue weighted by molar-refractivity contribution is 5.27. The molecule has 5 heteroatoms. The largest absolute Gasteiger partial charge is 0.492 e. The molecule has 1 saturated heterocycles. The van der Waals surface area contributed by atoms with Crippen molar-refractivity contribution < 1.29 is 14.2 Å². The number of rotatable bonds is 8. The molecule has 2 unspecified atom stereocenters. The van der Waals surface area contributed by atoms with E-state index in [1.165, 1.54) is 5.56 Å². The van der Waals surface area contributed by atoms with E-state index in [1.54, 1.807) is 14.2 Å². The highest BCUT2D eigenvalue weighted by Gasteiger charge is 2.32. The van der Waals surface area contributed by atoms with Gasteiger partial charge in [0.1, 0.15) is 12.4 Å². The monoisotopic (exact) mass is 294 g/mol. The summed E-state index contributed by atoms with van der Waals surface area (Å²) in [4.78, 5) is 2.32. The summed E-state index contributed by atoms with van der Waals surface area (Å²) in [7, 11) is 5.42. The lowest BCUT2D eigenvalue weighted by molar-refractivity contribution is -0.00461. The van der Waals surface area contributed by atoms with Gasteiger partial charge >= 0.3 is 0 Å². The molecule has 2 rings (SSSR count). The van der Waals surface area contributed by atoms with Gasteiger partial charge in [0.15, 0.2) is 0 Å². The molecule has 1 heterocycles. The van der Waals surface area contributed by atoms with Crippen molar-refractivity contribution in [3.05, 3.63) is 29.8 Å². The van der Waals surface area contributed by atoms with Crippen LogP contribution in [0, 0.1) is 0 Å². The molecule has 118 valence electrons. The number of hydrogen-bond donors (Lipinski definition) is 1. The fraction of sp³-hybridized carbons (Fsp3) is 0.625. The first kappa shape index (κ1) is 16.2. The van der Waals surface area contributed by atoms with Gasteiger partial charge in [0, 0.05) is 40.4 Å². The number of ether oxygens (including phenoxy) is 3. The minimum absolute atomic E-state index is 0.163. The zero-order valence-corrected chi connectivity index (χ0v) is 13.2. The summed E-state index contributed by atoms with van der Waals surface area (Å²) in [6.45, 7) is 4.25. The molecule has 1 fully saturated rings. The first-order valence-electron chi connectivity index (χ1n) is 7.41. The van der Waals surface area contributed by atoms with Crippen molar-refractivity contribution in [1.82, 2.24) is 10.2 Å². The Morgan fingerprint density at radius 1 is 1.10 bits per heavy atom. The lowest BCUT2D eigenvalue weighted by Gasteiger charge is -2.15. The first-order chi connectivity index (χ1) is 10.3. The van der Waals surface area contributed by atoms with E-state index in [0.717, 1.165) is 31.9 Å². The molecule has 0 bridgehead atoms. The Morgan fingerprint density at radius 3 is 2.24 bits per heavy atom. The zero-order chi connectivity index (χ0) is 15.1. The van der Waals surface area contributed by atoms with Crippen LogP contribution in [0.15, 0.2) is 24.3 Å². The molecule has 1 N–H and O–H groups in total. The topological polar surface area (TPSA) is 43.0 Å². The average molecular weight is 294 g/mol. The van der Waals surface area contributed by atoms with E-state index in [1.807, 2.05) is 19.2 Å². The van der Waals surface area contributed by atoms with E-state index in [-0.39, 0.29) is 12.2 Å².